The number of nitrogens with zero attached hydrogens (tertiary/aromatic N) is 2. The molecule has 1 rings (SSSR count). The molecule has 0 spiro atoms. The van der Waals surface area contributed by atoms with Crippen molar-refractivity contribution in [2.24, 2.45) is 0 Å². The molecule has 0 bridgehead atoms. The molecule has 3 nitrogen and oxygen atoms in total. The third kappa shape index (κ3) is 3.62. The molecule has 0 radical (unpaired) electrons. The van der Waals surface area contributed by atoms with Crippen molar-refractivity contribution in [3.63, 3.8) is 0 Å². The van der Waals surface area contributed by atoms with Crippen LogP contribution in [0.2, 0.25) is 0 Å². The molecule has 0 saturated heterocycles. The molecule has 0 unspecified atom stereocenters. The fourth-order valence-corrected chi connectivity index (χ4v) is 1.48. The summed E-state index contributed by atoms with van der Waals surface area (Å²) >= 11 is 1.24. The molecule has 0 aliphatic rings. The lowest BCUT2D eigenvalue weighted by Crippen LogP contribution is -2.19. The standard InChI is InChI=1S/C8HF6IN2O/c9-7(10,11)3-1-5(18-8(12,13)14)6(15)17-4(3)2-16/h1H. The summed E-state index contributed by atoms with van der Waals surface area (Å²) in [5, 5.41) is 8.45. The van der Waals surface area contributed by atoms with Gasteiger partial charge in [-0.05, 0) is 28.7 Å². The molecule has 0 fully saturated rings. The number of hydrogen-bond acceptors (Lipinski definition) is 3. The van der Waals surface area contributed by atoms with Gasteiger partial charge in [-0.15, -0.1) is 13.2 Å². The van der Waals surface area contributed by atoms with E-state index in [9.17, 15) is 26.3 Å². The molecule has 0 atom stereocenters. The van der Waals surface area contributed by atoms with Crippen molar-refractivity contribution in [1.82, 2.24) is 4.98 Å². The molecule has 0 amide bonds. The van der Waals surface area contributed by atoms with Crippen LogP contribution in [0.4, 0.5) is 26.3 Å². The highest BCUT2D eigenvalue weighted by Crippen LogP contribution is 2.36. The topological polar surface area (TPSA) is 45.9 Å². The van der Waals surface area contributed by atoms with E-state index in [0.29, 0.717) is 0 Å². The van der Waals surface area contributed by atoms with Gasteiger partial charge >= 0.3 is 12.5 Å². The van der Waals surface area contributed by atoms with Crippen molar-refractivity contribution in [1.29, 1.82) is 5.26 Å². The molecule has 0 N–H and O–H groups in total. The first kappa shape index (κ1) is 14.8. The zero-order chi connectivity index (χ0) is 14.1. The molecular weight excluding hydrogens is 381 g/mol. The Kier molecular flexibility index (Phi) is 3.94. The number of rotatable bonds is 1. The van der Waals surface area contributed by atoms with Crippen molar-refractivity contribution in [3.8, 4) is 11.8 Å². The van der Waals surface area contributed by atoms with Gasteiger partial charge in [0.05, 0.1) is 5.56 Å². The average Bonchev–Trinajstić information content (AvgIpc) is 2.16. The van der Waals surface area contributed by atoms with E-state index >= 15 is 0 Å². The van der Waals surface area contributed by atoms with Crippen molar-refractivity contribution in [3.05, 3.63) is 21.0 Å². The SMILES string of the molecule is N#Cc1nc(I)c(OC(F)(F)F)cc1C(F)(F)F. The van der Waals surface area contributed by atoms with Crippen LogP contribution in [0, 0.1) is 15.0 Å². The highest BCUT2D eigenvalue weighted by Gasteiger charge is 2.38. The van der Waals surface area contributed by atoms with E-state index in [-0.39, 0.29) is 6.07 Å². The normalized spacial score (nSPS) is 12.1. The monoisotopic (exact) mass is 382 g/mol. The van der Waals surface area contributed by atoms with Gasteiger partial charge in [-0.1, -0.05) is 0 Å². The summed E-state index contributed by atoms with van der Waals surface area (Å²) in [6, 6.07) is 1.26. The van der Waals surface area contributed by atoms with Crippen molar-refractivity contribution < 1.29 is 31.1 Å². The van der Waals surface area contributed by atoms with Gasteiger partial charge in [0, 0.05) is 0 Å². The Morgan fingerprint density at radius 1 is 1.22 bits per heavy atom. The highest BCUT2D eigenvalue weighted by molar-refractivity contribution is 14.1. The lowest BCUT2D eigenvalue weighted by atomic mass is 10.2. The number of aromatic nitrogens is 1. The maximum absolute atomic E-state index is 12.4. The van der Waals surface area contributed by atoms with Crippen LogP contribution in [0.1, 0.15) is 11.3 Å². The van der Waals surface area contributed by atoms with Crippen molar-refractivity contribution >= 4 is 22.6 Å². The largest absolute Gasteiger partial charge is 0.573 e. The van der Waals surface area contributed by atoms with Gasteiger partial charge in [0.2, 0.25) is 0 Å². The molecule has 0 aromatic carbocycles. The quantitative estimate of drug-likeness (QED) is 0.425. The van der Waals surface area contributed by atoms with Crippen LogP contribution >= 0.6 is 22.6 Å². The first-order valence-electron chi connectivity index (χ1n) is 3.98. The van der Waals surface area contributed by atoms with Gasteiger partial charge in [0.25, 0.3) is 0 Å². The number of alkyl halides is 6. The second-order valence-electron chi connectivity index (χ2n) is 2.83. The molecule has 10 heteroatoms. The number of pyridine rings is 1. The lowest BCUT2D eigenvalue weighted by Gasteiger charge is -2.13. The summed E-state index contributed by atoms with van der Waals surface area (Å²) in [5.41, 5.74) is -2.59. The fourth-order valence-electron chi connectivity index (χ4n) is 0.970. The Bertz CT molecular complexity index is 504. The van der Waals surface area contributed by atoms with Crippen molar-refractivity contribution in [2.75, 3.05) is 0 Å². The second kappa shape index (κ2) is 4.79. The summed E-state index contributed by atoms with van der Waals surface area (Å²) in [6.45, 7) is 0. The van der Waals surface area contributed by atoms with E-state index in [4.69, 9.17) is 5.26 Å². The number of ether oxygens (including phenoxy) is 1. The predicted molar refractivity (Wildman–Crippen MR) is 53.4 cm³/mol. The molecule has 0 aliphatic carbocycles. The molecule has 0 aliphatic heterocycles. The maximum atomic E-state index is 12.4. The first-order valence-corrected chi connectivity index (χ1v) is 5.06. The average molecular weight is 382 g/mol. The number of halogens is 7. The van der Waals surface area contributed by atoms with Gasteiger partial charge in [-0.2, -0.15) is 18.4 Å². The molecule has 0 saturated carbocycles. The zero-order valence-corrected chi connectivity index (χ0v) is 10.2. The first-order chi connectivity index (χ1) is 8.04. The summed E-state index contributed by atoms with van der Waals surface area (Å²) in [5.74, 6) is -1.10. The maximum Gasteiger partial charge on any atom is 0.573 e. The minimum absolute atomic E-state index is 0.0980. The molecule has 1 heterocycles. The van der Waals surface area contributed by atoms with E-state index in [2.05, 4.69) is 9.72 Å². The second-order valence-corrected chi connectivity index (χ2v) is 3.85. The van der Waals surface area contributed by atoms with E-state index in [1.165, 1.54) is 22.6 Å². The molecule has 18 heavy (non-hydrogen) atoms. The van der Waals surface area contributed by atoms with Crippen molar-refractivity contribution in [2.45, 2.75) is 12.5 Å². The Morgan fingerprint density at radius 3 is 2.17 bits per heavy atom. The third-order valence-electron chi connectivity index (χ3n) is 1.58. The highest BCUT2D eigenvalue weighted by atomic mass is 127. The van der Waals surface area contributed by atoms with Crippen LogP contribution in [0.15, 0.2) is 6.07 Å². The summed E-state index contributed by atoms with van der Waals surface area (Å²) in [6.07, 6.45) is -10.1. The van der Waals surface area contributed by atoms with Gasteiger partial charge in [0.15, 0.2) is 11.4 Å². The van der Waals surface area contributed by atoms with Crippen LogP contribution in [0.5, 0.6) is 5.75 Å². The molecular formula is C8HF6IN2O. The summed E-state index contributed by atoms with van der Waals surface area (Å²) in [4.78, 5) is 3.12. The van der Waals surface area contributed by atoms with Crippen LogP contribution in [0.25, 0.3) is 0 Å². The Morgan fingerprint density at radius 2 is 1.78 bits per heavy atom. The van der Waals surface area contributed by atoms with Crippen LogP contribution in [0.3, 0.4) is 0 Å². The van der Waals surface area contributed by atoms with E-state index in [1.807, 2.05) is 0 Å². The van der Waals surface area contributed by atoms with Crippen LogP contribution < -0.4 is 4.74 Å². The Hall–Kier alpha value is -1.25. The van der Waals surface area contributed by atoms with Gasteiger partial charge in [-0.3, -0.25) is 0 Å². The minimum Gasteiger partial charge on any atom is -0.403 e. The minimum atomic E-state index is -5.14. The predicted octanol–water partition coefficient (Wildman–Crippen LogP) is 3.48. The number of nitriles is 1. The summed E-state index contributed by atoms with van der Waals surface area (Å²) < 4.78 is 76.0. The van der Waals surface area contributed by atoms with E-state index in [1.54, 1.807) is 0 Å². The Labute approximate surface area is 110 Å². The zero-order valence-electron chi connectivity index (χ0n) is 8.03. The van der Waals surface area contributed by atoms with E-state index < -0.39 is 33.2 Å². The van der Waals surface area contributed by atoms with E-state index in [0.717, 1.165) is 6.07 Å². The molecule has 1 aromatic heterocycles. The lowest BCUT2D eigenvalue weighted by molar-refractivity contribution is -0.275. The fraction of sp³-hybridized carbons (Fsp3) is 0.250. The van der Waals surface area contributed by atoms with Crippen LogP contribution in [-0.4, -0.2) is 11.3 Å². The third-order valence-corrected chi connectivity index (χ3v) is 2.35. The van der Waals surface area contributed by atoms with Gasteiger partial charge in [0.1, 0.15) is 9.77 Å². The van der Waals surface area contributed by atoms with Gasteiger partial charge in [-0.25, -0.2) is 4.98 Å². The number of hydrogen-bond donors (Lipinski definition) is 0. The smallest absolute Gasteiger partial charge is 0.403 e. The van der Waals surface area contributed by atoms with Gasteiger partial charge < -0.3 is 4.74 Å². The molecule has 1 aromatic rings. The van der Waals surface area contributed by atoms with Crippen LogP contribution in [-0.2, 0) is 6.18 Å². The summed E-state index contributed by atoms with van der Waals surface area (Å²) in [7, 11) is 0. The molecule has 98 valence electrons. The Balaban J connectivity index is 3.37.